The van der Waals surface area contributed by atoms with Gasteiger partial charge in [0, 0.05) is 24.3 Å². The van der Waals surface area contributed by atoms with Crippen molar-refractivity contribution in [1.29, 1.82) is 0 Å². The van der Waals surface area contributed by atoms with E-state index in [4.69, 9.17) is 0 Å². The molecular formula is C17H30N4. The molecule has 2 fully saturated rings. The SMILES string of the molecule is CC(C)n1cc(NC2CCCCC2C2CCCCN2)cn1. The Hall–Kier alpha value is -1.03. The molecule has 4 nitrogen and oxygen atoms in total. The average molecular weight is 290 g/mol. The van der Waals surface area contributed by atoms with Crippen LogP contribution in [0.1, 0.15) is 64.8 Å². The van der Waals surface area contributed by atoms with E-state index in [2.05, 4.69) is 35.8 Å². The van der Waals surface area contributed by atoms with Crippen LogP contribution in [0.4, 0.5) is 5.69 Å². The fraction of sp³-hybridized carbons (Fsp3) is 0.824. The Labute approximate surface area is 128 Å². The largest absolute Gasteiger partial charge is 0.379 e. The summed E-state index contributed by atoms with van der Waals surface area (Å²) in [5.74, 6) is 0.779. The van der Waals surface area contributed by atoms with E-state index in [1.807, 2.05) is 10.9 Å². The molecule has 1 aromatic heterocycles. The maximum Gasteiger partial charge on any atom is 0.0728 e. The molecule has 0 bridgehead atoms. The second-order valence-electron chi connectivity index (χ2n) is 7.06. The van der Waals surface area contributed by atoms with Gasteiger partial charge < -0.3 is 10.6 Å². The molecular weight excluding hydrogens is 260 g/mol. The summed E-state index contributed by atoms with van der Waals surface area (Å²) in [4.78, 5) is 0. The zero-order chi connectivity index (χ0) is 14.7. The van der Waals surface area contributed by atoms with Crippen molar-refractivity contribution >= 4 is 5.69 Å². The second kappa shape index (κ2) is 6.82. The lowest BCUT2D eigenvalue weighted by molar-refractivity contribution is 0.217. The van der Waals surface area contributed by atoms with Gasteiger partial charge in [0.2, 0.25) is 0 Å². The molecule has 3 rings (SSSR count). The van der Waals surface area contributed by atoms with Crippen LogP contribution in [-0.2, 0) is 0 Å². The smallest absolute Gasteiger partial charge is 0.0728 e. The van der Waals surface area contributed by atoms with Gasteiger partial charge in [-0.2, -0.15) is 5.10 Å². The van der Waals surface area contributed by atoms with Crippen molar-refractivity contribution in [3.8, 4) is 0 Å². The van der Waals surface area contributed by atoms with E-state index < -0.39 is 0 Å². The third-order valence-corrected chi connectivity index (χ3v) is 5.17. The number of anilines is 1. The molecule has 3 atom stereocenters. The van der Waals surface area contributed by atoms with Crippen molar-refractivity contribution in [3.63, 3.8) is 0 Å². The summed E-state index contributed by atoms with van der Waals surface area (Å²) in [5.41, 5.74) is 1.19. The van der Waals surface area contributed by atoms with E-state index in [0.29, 0.717) is 12.1 Å². The van der Waals surface area contributed by atoms with Crippen LogP contribution in [0.2, 0.25) is 0 Å². The van der Waals surface area contributed by atoms with Crippen LogP contribution in [0.25, 0.3) is 0 Å². The van der Waals surface area contributed by atoms with Crippen LogP contribution < -0.4 is 10.6 Å². The Morgan fingerprint density at radius 1 is 1.19 bits per heavy atom. The van der Waals surface area contributed by atoms with Gasteiger partial charge >= 0.3 is 0 Å². The van der Waals surface area contributed by atoms with Crippen molar-refractivity contribution in [2.75, 3.05) is 11.9 Å². The van der Waals surface area contributed by atoms with Crippen molar-refractivity contribution in [3.05, 3.63) is 12.4 Å². The summed E-state index contributed by atoms with van der Waals surface area (Å²) in [6, 6.07) is 1.76. The average Bonchev–Trinajstić information content (AvgIpc) is 2.98. The minimum Gasteiger partial charge on any atom is -0.379 e. The van der Waals surface area contributed by atoms with Gasteiger partial charge in [0.15, 0.2) is 0 Å². The minimum absolute atomic E-state index is 0.433. The number of nitrogens with zero attached hydrogens (tertiary/aromatic N) is 2. The molecule has 2 N–H and O–H groups in total. The topological polar surface area (TPSA) is 41.9 Å². The molecule has 1 aliphatic carbocycles. The molecule has 4 heteroatoms. The maximum atomic E-state index is 4.46. The molecule has 2 aliphatic rings. The first-order valence-electron chi connectivity index (χ1n) is 8.78. The first-order valence-corrected chi connectivity index (χ1v) is 8.78. The minimum atomic E-state index is 0.433. The summed E-state index contributed by atoms with van der Waals surface area (Å²) in [6.45, 7) is 5.55. The molecule has 0 radical (unpaired) electrons. The highest BCUT2D eigenvalue weighted by molar-refractivity contribution is 5.40. The number of aromatic nitrogens is 2. The van der Waals surface area contributed by atoms with Crippen LogP contribution >= 0.6 is 0 Å². The Morgan fingerprint density at radius 2 is 2.00 bits per heavy atom. The highest BCUT2D eigenvalue weighted by Crippen LogP contribution is 2.32. The molecule has 0 aromatic carbocycles. The summed E-state index contributed by atoms with van der Waals surface area (Å²) >= 11 is 0. The van der Waals surface area contributed by atoms with Crippen LogP contribution in [0.15, 0.2) is 12.4 Å². The van der Waals surface area contributed by atoms with Crippen LogP contribution in [0.5, 0.6) is 0 Å². The fourth-order valence-corrected chi connectivity index (χ4v) is 3.97. The van der Waals surface area contributed by atoms with E-state index in [9.17, 15) is 0 Å². The van der Waals surface area contributed by atoms with Crippen LogP contribution in [0.3, 0.4) is 0 Å². The van der Waals surface area contributed by atoms with E-state index in [1.54, 1.807) is 0 Å². The lowest BCUT2D eigenvalue weighted by atomic mass is 9.77. The lowest BCUT2D eigenvalue weighted by Gasteiger charge is -2.40. The molecule has 1 saturated heterocycles. The standard InChI is InChI=1S/C17H30N4/c1-13(2)21-12-14(11-19-21)20-17-9-4-3-7-15(17)16-8-5-6-10-18-16/h11-13,15-18,20H,3-10H2,1-2H3. The van der Waals surface area contributed by atoms with Gasteiger partial charge in [-0.25, -0.2) is 0 Å². The first-order chi connectivity index (χ1) is 10.2. The summed E-state index contributed by atoms with van der Waals surface area (Å²) in [6.07, 6.45) is 13.7. The van der Waals surface area contributed by atoms with Gasteiger partial charge in [0.25, 0.3) is 0 Å². The number of nitrogens with one attached hydrogen (secondary N) is 2. The molecule has 2 heterocycles. The van der Waals surface area contributed by atoms with Crippen LogP contribution in [0, 0.1) is 5.92 Å². The van der Waals surface area contributed by atoms with Gasteiger partial charge in [-0.15, -0.1) is 0 Å². The molecule has 0 amide bonds. The quantitative estimate of drug-likeness (QED) is 0.890. The molecule has 3 unspecified atom stereocenters. The van der Waals surface area contributed by atoms with Gasteiger partial charge in [-0.1, -0.05) is 19.3 Å². The number of rotatable bonds is 4. The molecule has 1 aliphatic heterocycles. The molecule has 1 saturated carbocycles. The highest BCUT2D eigenvalue weighted by Gasteiger charge is 2.32. The molecule has 0 spiro atoms. The normalized spacial score (nSPS) is 30.5. The Morgan fingerprint density at radius 3 is 2.71 bits per heavy atom. The molecule has 21 heavy (non-hydrogen) atoms. The van der Waals surface area contributed by atoms with Gasteiger partial charge in [0.1, 0.15) is 0 Å². The van der Waals surface area contributed by atoms with Crippen molar-refractivity contribution < 1.29 is 0 Å². The zero-order valence-electron chi connectivity index (χ0n) is 13.5. The van der Waals surface area contributed by atoms with E-state index >= 15 is 0 Å². The highest BCUT2D eigenvalue weighted by atomic mass is 15.3. The molecule has 1 aromatic rings. The lowest BCUT2D eigenvalue weighted by Crippen LogP contribution is -2.48. The zero-order valence-corrected chi connectivity index (χ0v) is 13.5. The fourth-order valence-electron chi connectivity index (χ4n) is 3.97. The first kappa shape index (κ1) is 14.9. The predicted octanol–water partition coefficient (Wildman–Crippen LogP) is 3.58. The molecule has 118 valence electrons. The summed E-state index contributed by atoms with van der Waals surface area (Å²) < 4.78 is 2.04. The van der Waals surface area contributed by atoms with Gasteiger partial charge in [-0.05, 0) is 52.0 Å². The Kier molecular flexibility index (Phi) is 4.84. The van der Waals surface area contributed by atoms with Gasteiger partial charge in [0.05, 0.1) is 11.9 Å². The van der Waals surface area contributed by atoms with E-state index in [0.717, 1.165) is 12.0 Å². The number of piperidine rings is 1. The Balaban J connectivity index is 1.65. The maximum absolute atomic E-state index is 4.46. The Bertz CT molecular complexity index is 434. The monoisotopic (exact) mass is 290 g/mol. The number of hydrogen-bond donors (Lipinski definition) is 2. The van der Waals surface area contributed by atoms with Crippen molar-refractivity contribution in [2.24, 2.45) is 5.92 Å². The third kappa shape index (κ3) is 3.60. The second-order valence-corrected chi connectivity index (χ2v) is 7.06. The van der Waals surface area contributed by atoms with E-state index in [-0.39, 0.29) is 0 Å². The third-order valence-electron chi connectivity index (χ3n) is 5.17. The predicted molar refractivity (Wildman–Crippen MR) is 87.6 cm³/mol. The van der Waals surface area contributed by atoms with Crippen molar-refractivity contribution in [1.82, 2.24) is 15.1 Å². The van der Waals surface area contributed by atoms with E-state index in [1.165, 1.54) is 57.2 Å². The summed E-state index contributed by atoms with van der Waals surface area (Å²) in [7, 11) is 0. The van der Waals surface area contributed by atoms with Gasteiger partial charge in [-0.3, -0.25) is 4.68 Å². The van der Waals surface area contributed by atoms with Crippen molar-refractivity contribution in [2.45, 2.75) is 76.9 Å². The summed E-state index contributed by atoms with van der Waals surface area (Å²) in [5, 5.41) is 12.0. The van der Waals surface area contributed by atoms with Crippen LogP contribution in [-0.4, -0.2) is 28.4 Å². The number of hydrogen-bond acceptors (Lipinski definition) is 3.